The van der Waals surface area contributed by atoms with Crippen LogP contribution in [-0.2, 0) is 4.79 Å². The van der Waals surface area contributed by atoms with Gasteiger partial charge in [-0.1, -0.05) is 6.92 Å². The molecule has 0 aliphatic heterocycles. The second kappa shape index (κ2) is 6.55. The zero-order valence-electron chi connectivity index (χ0n) is 13.5. The van der Waals surface area contributed by atoms with Crippen molar-refractivity contribution < 1.29 is 19.1 Å². The van der Waals surface area contributed by atoms with E-state index >= 15 is 0 Å². The zero-order chi connectivity index (χ0) is 17.1. The lowest BCUT2D eigenvalue weighted by molar-refractivity contribution is -0.141. The summed E-state index contributed by atoms with van der Waals surface area (Å²) in [5, 5.41) is 11.6. The van der Waals surface area contributed by atoms with Gasteiger partial charge in [-0.3, -0.25) is 4.79 Å². The number of benzene rings is 1. The lowest BCUT2D eigenvalue weighted by Crippen LogP contribution is -2.36. The Morgan fingerprint density at radius 3 is 2.65 bits per heavy atom. The van der Waals surface area contributed by atoms with Gasteiger partial charge in [0.15, 0.2) is 5.58 Å². The Morgan fingerprint density at radius 1 is 1.35 bits per heavy atom. The van der Waals surface area contributed by atoms with Crippen molar-refractivity contribution in [3.8, 4) is 0 Å². The van der Waals surface area contributed by atoms with Crippen molar-refractivity contribution in [2.45, 2.75) is 6.92 Å². The number of hydrogen-bond acceptors (Lipinski definition) is 5. The fourth-order valence-electron chi connectivity index (χ4n) is 1.98. The van der Waals surface area contributed by atoms with E-state index in [9.17, 15) is 9.59 Å². The van der Waals surface area contributed by atoms with Gasteiger partial charge in [-0.2, -0.15) is 4.98 Å². The van der Waals surface area contributed by atoms with Crippen LogP contribution in [0.3, 0.4) is 0 Å². The fourth-order valence-corrected chi connectivity index (χ4v) is 1.98. The molecule has 0 aliphatic carbocycles. The molecule has 0 spiro atoms. The summed E-state index contributed by atoms with van der Waals surface area (Å²) in [5.74, 6) is -1.57. The summed E-state index contributed by atoms with van der Waals surface area (Å²) in [4.78, 5) is 30.3. The van der Waals surface area contributed by atoms with E-state index in [-0.39, 0.29) is 12.6 Å². The second-order valence-corrected chi connectivity index (χ2v) is 5.62. The van der Waals surface area contributed by atoms with E-state index in [4.69, 9.17) is 9.52 Å². The molecule has 2 N–H and O–H groups in total. The van der Waals surface area contributed by atoms with Crippen LogP contribution in [0, 0.1) is 5.92 Å². The average Bonchev–Trinajstić information content (AvgIpc) is 2.90. The summed E-state index contributed by atoms with van der Waals surface area (Å²) in [6, 6.07) is 5.24. The van der Waals surface area contributed by atoms with Crippen molar-refractivity contribution in [2.24, 2.45) is 5.92 Å². The molecule has 0 radical (unpaired) electrons. The molecule has 0 fully saturated rings. The number of carbonyl (C=O) groups excluding carboxylic acids is 1. The van der Waals surface area contributed by atoms with Gasteiger partial charge in [0.25, 0.3) is 6.01 Å². The SMILES string of the molecule is CC(CN(C)C(=O)Nc1ccc2oc(N(C)C)nc2c1)C(=O)O. The predicted molar refractivity (Wildman–Crippen MR) is 86.8 cm³/mol. The molecule has 1 aromatic heterocycles. The summed E-state index contributed by atoms with van der Waals surface area (Å²) < 4.78 is 5.54. The van der Waals surface area contributed by atoms with Crippen LogP contribution in [0.1, 0.15) is 6.92 Å². The van der Waals surface area contributed by atoms with E-state index in [1.54, 1.807) is 37.1 Å². The highest BCUT2D eigenvalue weighted by Gasteiger charge is 2.17. The van der Waals surface area contributed by atoms with Crippen LogP contribution in [0.25, 0.3) is 11.1 Å². The summed E-state index contributed by atoms with van der Waals surface area (Å²) in [6.07, 6.45) is 0. The summed E-state index contributed by atoms with van der Waals surface area (Å²) in [6.45, 7) is 1.68. The number of fused-ring (bicyclic) bond motifs is 1. The van der Waals surface area contributed by atoms with Crippen LogP contribution in [0.15, 0.2) is 22.6 Å². The van der Waals surface area contributed by atoms with Gasteiger partial charge < -0.3 is 24.6 Å². The molecule has 1 heterocycles. The van der Waals surface area contributed by atoms with Gasteiger partial charge in [-0.05, 0) is 18.2 Å². The van der Waals surface area contributed by atoms with Crippen molar-refractivity contribution in [1.82, 2.24) is 9.88 Å². The molecule has 23 heavy (non-hydrogen) atoms. The minimum Gasteiger partial charge on any atom is -0.481 e. The molecule has 1 unspecified atom stereocenters. The van der Waals surface area contributed by atoms with Gasteiger partial charge in [0.1, 0.15) is 5.52 Å². The first-order chi connectivity index (χ1) is 10.8. The number of hydrogen-bond donors (Lipinski definition) is 2. The van der Waals surface area contributed by atoms with Crippen molar-refractivity contribution in [3.05, 3.63) is 18.2 Å². The molecule has 0 aliphatic rings. The zero-order valence-corrected chi connectivity index (χ0v) is 13.5. The van der Waals surface area contributed by atoms with E-state index in [0.29, 0.717) is 22.8 Å². The van der Waals surface area contributed by atoms with E-state index < -0.39 is 11.9 Å². The second-order valence-electron chi connectivity index (χ2n) is 5.62. The van der Waals surface area contributed by atoms with Gasteiger partial charge >= 0.3 is 12.0 Å². The van der Waals surface area contributed by atoms with E-state index in [1.807, 2.05) is 14.1 Å². The minimum atomic E-state index is -0.940. The number of rotatable bonds is 5. The van der Waals surface area contributed by atoms with Gasteiger partial charge in [0, 0.05) is 33.4 Å². The standard InChI is InChI=1S/C15H20N4O4/c1-9(13(20)21)8-19(4)14(22)16-10-5-6-12-11(7-10)17-15(23-12)18(2)3/h5-7,9H,8H2,1-4H3,(H,16,22)(H,20,21). The molecule has 1 atom stereocenters. The lowest BCUT2D eigenvalue weighted by Gasteiger charge is -2.19. The molecule has 1 aromatic carbocycles. The Bertz CT molecular complexity index is 725. The third-order valence-electron chi connectivity index (χ3n) is 3.33. The first-order valence-electron chi connectivity index (χ1n) is 7.10. The normalized spacial score (nSPS) is 12.0. The van der Waals surface area contributed by atoms with E-state index in [1.165, 1.54) is 4.90 Å². The van der Waals surface area contributed by atoms with Crippen LogP contribution in [0.4, 0.5) is 16.5 Å². The Labute approximate surface area is 133 Å². The van der Waals surface area contributed by atoms with Crippen LogP contribution in [0.5, 0.6) is 0 Å². The number of amides is 2. The molecule has 8 heteroatoms. The maximum Gasteiger partial charge on any atom is 0.321 e. The molecule has 2 amide bonds. The van der Waals surface area contributed by atoms with Crippen LogP contribution in [-0.4, -0.2) is 54.7 Å². The fraction of sp³-hybridized carbons (Fsp3) is 0.400. The monoisotopic (exact) mass is 320 g/mol. The Morgan fingerprint density at radius 2 is 2.04 bits per heavy atom. The van der Waals surface area contributed by atoms with E-state index in [0.717, 1.165) is 0 Å². The maximum absolute atomic E-state index is 12.1. The van der Waals surface area contributed by atoms with Crippen molar-refractivity contribution >= 4 is 34.8 Å². The number of aromatic nitrogens is 1. The molecule has 2 aromatic rings. The minimum absolute atomic E-state index is 0.123. The number of oxazole rings is 1. The Kier molecular flexibility index (Phi) is 4.73. The van der Waals surface area contributed by atoms with E-state index in [2.05, 4.69) is 10.3 Å². The number of nitrogens with zero attached hydrogens (tertiary/aromatic N) is 3. The summed E-state index contributed by atoms with van der Waals surface area (Å²) >= 11 is 0. The van der Waals surface area contributed by atoms with Gasteiger partial charge in [-0.25, -0.2) is 4.79 Å². The molecule has 0 bridgehead atoms. The van der Waals surface area contributed by atoms with Crippen molar-refractivity contribution in [3.63, 3.8) is 0 Å². The molecule has 0 saturated heterocycles. The highest BCUT2D eigenvalue weighted by molar-refractivity contribution is 5.92. The first-order valence-corrected chi connectivity index (χ1v) is 7.10. The lowest BCUT2D eigenvalue weighted by atomic mass is 10.2. The molecular formula is C15H20N4O4. The number of aliphatic carboxylic acids is 1. The third kappa shape index (κ3) is 3.91. The molecule has 0 saturated carbocycles. The van der Waals surface area contributed by atoms with Gasteiger partial charge in [0.05, 0.1) is 5.92 Å². The molecule has 124 valence electrons. The Hall–Kier alpha value is -2.77. The smallest absolute Gasteiger partial charge is 0.321 e. The number of anilines is 2. The van der Waals surface area contributed by atoms with Crippen molar-refractivity contribution in [2.75, 3.05) is 37.9 Å². The average molecular weight is 320 g/mol. The molecular weight excluding hydrogens is 300 g/mol. The number of carboxylic acids is 1. The third-order valence-corrected chi connectivity index (χ3v) is 3.33. The van der Waals surface area contributed by atoms with Gasteiger partial charge in [-0.15, -0.1) is 0 Å². The van der Waals surface area contributed by atoms with Crippen molar-refractivity contribution in [1.29, 1.82) is 0 Å². The molecule has 8 nitrogen and oxygen atoms in total. The van der Waals surface area contributed by atoms with Crippen LogP contribution >= 0.6 is 0 Å². The first kappa shape index (κ1) is 16.6. The topological polar surface area (TPSA) is 98.9 Å². The number of carboxylic acid groups (broad SMARTS) is 1. The summed E-state index contributed by atoms with van der Waals surface area (Å²) in [5.41, 5.74) is 1.82. The Balaban J connectivity index is 2.08. The highest BCUT2D eigenvalue weighted by Crippen LogP contribution is 2.23. The van der Waals surface area contributed by atoms with Crippen LogP contribution < -0.4 is 10.2 Å². The highest BCUT2D eigenvalue weighted by atomic mass is 16.4. The van der Waals surface area contributed by atoms with Crippen LogP contribution in [0.2, 0.25) is 0 Å². The van der Waals surface area contributed by atoms with Gasteiger partial charge in [0.2, 0.25) is 0 Å². The maximum atomic E-state index is 12.1. The number of urea groups is 1. The largest absolute Gasteiger partial charge is 0.481 e. The predicted octanol–water partition coefficient (Wildman–Crippen LogP) is 2.08. The quantitative estimate of drug-likeness (QED) is 0.875. The number of carbonyl (C=O) groups is 2. The molecule has 2 rings (SSSR count). The number of nitrogens with one attached hydrogen (secondary N) is 1. The summed E-state index contributed by atoms with van der Waals surface area (Å²) in [7, 11) is 5.20.